The number of hydrogen-bond acceptors (Lipinski definition) is 2. The van der Waals surface area contributed by atoms with Gasteiger partial charge in [0.1, 0.15) is 12.0 Å². The molecule has 0 bridgehead atoms. The molecule has 1 N–H and O–H groups in total. The van der Waals surface area contributed by atoms with E-state index in [2.05, 4.69) is 0 Å². The van der Waals surface area contributed by atoms with Crippen molar-refractivity contribution in [2.24, 2.45) is 5.92 Å². The second-order valence-electron chi connectivity index (χ2n) is 3.60. The molecule has 68 valence electrons. The summed E-state index contributed by atoms with van der Waals surface area (Å²) in [5, 5.41) is 9.07. The quantitative estimate of drug-likeness (QED) is 0.716. The molecule has 1 aromatic rings. The molecule has 2 nitrogen and oxygen atoms in total. The van der Waals surface area contributed by atoms with E-state index in [9.17, 15) is 4.79 Å². The van der Waals surface area contributed by atoms with Gasteiger partial charge in [0.2, 0.25) is 0 Å². The number of aldehydes is 1. The van der Waals surface area contributed by atoms with Gasteiger partial charge in [-0.05, 0) is 36.0 Å². The lowest BCUT2D eigenvalue weighted by atomic mass is 10.1. The van der Waals surface area contributed by atoms with Crippen LogP contribution in [-0.4, -0.2) is 11.4 Å². The van der Waals surface area contributed by atoms with Crippen molar-refractivity contribution in [1.82, 2.24) is 0 Å². The molecule has 2 rings (SSSR count). The zero-order valence-corrected chi connectivity index (χ0v) is 7.31. The minimum absolute atomic E-state index is 0.302. The summed E-state index contributed by atoms with van der Waals surface area (Å²) in [5.74, 6) is 1.39. The number of carbonyl (C=O) groups excluding carboxylic acids is 1. The average Bonchev–Trinajstić information content (AvgIpc) is 2.86. The maximum atomic E-state index is 10.2. The van der Waals surface area contributed by atoms with Crippen LogP contribution in [0.1, 0.15) is 24.3 Å². The predicted octanol–water partition coefficient (Wildman–Crippen LogP) is 2.08. The third-order valence-electron chi connectivity index (χ3n) is 2.64. The zero-order valence-electron chi connectivity index (χ0n) is 7.31. The highest BCUT2D eigenvalue weighted by Crippen LogP contribution is 2.49. The van der Waals surface area contributed by atoms with Gasteiger partial charge < -0.3 is 9.90 Å². The first kappa shape index (κ1) is 8.30. The molecule has 2 heteroatoms. The molecule has 0 spiro atoms. The number of phenolic OH excluding ortho intramolecular Hbond substituents is 1. The fourth-order valence-corrected chi connectivity index (χ4v) is 1.76. The van der Waals surface area contributed by atoms with E-state index < -0.39 is 0 Å². The van der Waals surface area contributed by atoms with Crippen LogP contribution in [0.4, 0.5) is 0 Å². The van der Waals surface area contributed by atoms with E-state index in [1.807, 2.05) is 12.1 Å². The van der Waals surface area contributed by atoms with E-state index in [0.29, 0.717) is 24.0 Å². The van der Waals surface area contributed by atoms with E-state index in [1.54, 1.807) is 12.1 Å². The monoisotopic (exact) mass is 176 g/mol. The van der Waals surface area contributed by atoms with Gasteiger partial charge >= 0.3 is 0 Å². The Hall–Kier alpha value is -1.31. The van der Waals surface area contributed by atoms with Crippen LogP contribution in [0.3, 0.4) is 0 Å². The molecule has 0 aliphatic heterocycles. The highest BCUT2D eigenvalue weighted by atomic mass is 16.3. The molecule has 0 saturated heterocycles. The second-order valence-corrected chi connectivity index (χ2v) is 3.60. The van der Waals surface area contributed by atoms with Crippen LogP contribution in [0.5, 0.6) is 5.75 Å². The topological polar surface area (TPSA) is 37.3 Å². The molecule has 1 aromatic carbocycles. The Morgan fingerprint density at radius 3 is 2.69 bits per heavy atom. The lowest BCUT2D eigenvalue weighted by Crippen LogP contribution is -1.84. The number of aromatic hydroxyl groups is 1. The number of benzene rings is 1. The van der Waals surface area contributed by atoms with Crippen molar-refractivity contribution in [1.29, 1.82) is 0 Å². The number of phenols is 1. The molecule has 0 aromatic heterocycles. The molecule has 0 radical (unpaired) electrons. The predicted molar refractivity (Wildman–Crippen MR) is 49.6 cm³/mol. The van der Waals surface area contributed by atoms with Gasteiger partial charge in [-0.3, -0.25) is 0 Å². The van der Waals surface area contributed by atoms with Crippen LogP contribution < -0.4 is 0 Å². The Labute approximate surface area is 77.2 Å². The Bertz CT molecular complexity index is 302. The fourth-order valence-electron chi connectivity index (χ4n) is 1.76. The first-order chi connectivity index (χ1) is 6.31. The molecular formula is C11H12O2. The molecule has 0 amide bonds. The number of carbonyl (C=O) groups is 1. The molecule has 2 atom stereocenters. The summed E-state index contributed by atoms with van der Waals surface area (Å²) in [4.78, 5) is 10.2. The maximum Gasteiger partial charge on any atom is 0.120 e. The molecule has 1 aliphatic carbocycles. The van der Waals surface area contributed by atoms with E-state index in [0.717, 1.165) is 12.7 Å². The van der Waals surface area contributed by atoms with Crippen molar-refractivity contribution in [2.45, 2.75) is 18.8 Å². The molecule has 1 aliphatic rings. The van der Waals surface area contributed by atoms with Crippen LogP contribution in [0, 0.1) is 5.92 Å². The molecule has 13 heavy (non-hydrogen) atoms. The molecule has 0 heterocycles. The highest BCUT2D eigenvalue weighted by molar-refractivity contribution is 5.51. The Balaban J connectivity index is 2.03. The van der Waals surface area contributed by atoms with Crippen LogP contribution in [0.25, 0.3) is 0 Å². The van der Waals surface area contributed by atoms with E-state index in [4.69, 9.17) is 5.11 Å². The van der Waals surface area contributed by atoms with E-state index in [1.165, 1.54) is 5.56 Å². The summed E-state index contributed by atoms with van der Waals surface area (Å²) in [5.41, 5.74) is 1.24. The minimum atomic E-state index is 0.302. The zero-order chi connectivity index (χ0) is 9.26. The van der Waals surface area contributed by atoms with Gasteiger partial charge in [-0.2, -0.15) is 0 Å². The van der Waals surface area contributed by atoms with Gasteiger partial charge in [0.15, 0.2) is 0 Å². The van der Waals surface area contributed by atoms with Crippen molar-refractivity contribution >= 4 is 6.29 Å². The average molecular weight is 176 g/mol. The third kappa shape index (κ3) is 1.72. The molecule has 1 saturated carbocycles. The van der Waals surface area contributed by atoms with Crippen LogP contribution in [0.15, 0.2) is 24.3 Å². The lowest BCUT2D eigenvalue weighted by Gasteiger charge is -1.98. The van der Waals surface area contributed by atoms with Gasteiger partial charge in [0.25, 0.3) is 0 Å². The maximum absolute atomic E-state index is 10.2. The normalized spacial score (nSPS) is 25.5. The van der Waals surface area contributed by atoms with Crippen LogP contribution >= 0.6 is 0 Å². The summed E-state index contributed by atoms with van der Waals surface area (Å²) in [6.07, 6.45) is 2.78. The summed E-state index contributed by atoms with van der Waals surface area (Å²) in [7, 11) is 0. The van der Waals surface area contributed by atoms with Gasteiger partial charge in [0, 0.05) is 6.42 Å². The Kier molecular flexibility index (Phi) is 2.05. The molecule has 2 unspecified atom stereocenters. The molecule has 1 fully saturated rings. The lowest BCUT2D eigenvalue weighted by molar-refractivity contribution is -0.108. The highest BCUT2D eigenvalue weighted by Gasteiger charge is 2.37. The van der Waals surface area contributed by atoms with Crippen molar-refractivity contribution in [3.05, 3.63) is 29.8 Å². The standard InChI is InChI=1S/C11H12O2/c12-6-5-9-7-11(9)8-1-3-10(13)4-2-8/h1-4,6,9,11,13H,5,7H2. The summed E-state index contributed by atoms with van der Waals surface area (Å²) in [6.45, 7) is 0. The van der Waals surface area contributed by atoms with Gasteiger partial charge in [0.05, 0.1) is 0 Å². The Morgan fingerprint density at radius 1 is 1.38 bits per heavy atom. The first-order valence-electron chi connectivity index (χ1n) is 4.54. The minimum Gasteiger partial charge on any atom is -0.508 e. The fraction of sp³-hybridized carbons (Fsp3) is 0.364. The third-order valence-corrected chi connectivity index (χ3v) is 2.64. The molecular weight excluding hydrogens is 164 g/mol. The van der Waals surface area contributed by atoms with Crippen molar-refractivity contribution in [2.75, 3.05) is 0 Å². The van der Waals surface area contributed by atoms with Crippen molar-refractivity contribution in [3.8, 4) is 5.75 Å². The smallest absolute Gasteiger partial charge is 0.120 e. The van der Waals surface area contributed by atoms with E-state index >= 15 is 0 Å². The number of hydrogen-bond donors (Lipinski definition) is 1. The number of rotatable bonds is 3. The Morgan fingerprint density at radius 2 is 2.08 bits per heavy atom. The first-order valence-corrected chi connectivity index (χ1v) is 4.54. The van der Waals surface area contributed by atoms with Gasteiger partial charge in [-0.1, -0.05) is 12.1 Å². The SMILES string of the molecule is O=CCC1CC1c1ccc(O)cc1. The summed E-state index contributed by atoms with van der Waals surface area (Å²) >= 11 is 0. The largest absolute Gasteiger partial charge is 0.508 e. The summed E-state index contributed by atoms with van der Waals surface area (Å²) in [6, 6.07) is 7.27. The van der Waals surface area contributed by atoms with Gasteiger partial charge in [-0.25, -0.2) is 0 Å². The van der Waals surface area contributed by atoms with Crippen molar-refractivity contribution in [3.63, 3.8) is 0 Å². The van der Waals surface area contributed by atoms with Crippen LogP contribution in [-0.2, 0) is 4.79 Å². The van der Waals surface area contributed by atoms with Gasteiger partial charge in [-0.15, -0.1) is 0 Å². The van der Waals surface area contributed by atoms with Crippen LogP contribution in [0.2, 0.25) is 0 Å². The van der Waals surface area contributed by atoms with E-state index in [-0.39, 0.29) is 0 Å². The summed E-state index contributed by atoms with van der Waals surface area (Å²) < 4.78 is 0. The second kappa shape index (κ2) is 3.21. The van der Waals surface area contributed by atoms with Crippen molar-refractivity contribution < 1.29 is 9.90 Å².